The first-order valence-electron chi connectivity index (χ1n) is 12.4. The van der Waals surface area contributed by atoms with E-state index in [1.165, 1.54) is 16.8 Å². The third-order valence-electron chi connectivity index (χ3n) is 5.33. The summed E-state index contributed by atoms with van der Waals surface area (Å²) in [5, 5.41) is 3.01. The molecule has 38 heavy (non-hydrogen) atoms. The smallest absolute Gasteiger partial charge is 0.330 e. The summed E-state index contributed by atoms with van der Waals surface area (Å²) >= 11 is 5.77. The Balaban J connectivity index is 1.80. The summed E-state index contributed by atoms with van der Waals surface area (Å²) in [6, 6.07) is 9.41. The summed E-state index contributed by atoms with van der Waals surface area (Å²) in [5.41, 5.74) is -1.08. The van der Waals surface area contributed by atoms with Gasteiger partial charge in [0.05, 0.1) is 24.7 Å². The number of benzene rings is 1. The highest BCUT2D eigenvalue weighted by atomic mass is 32.5. The van der Waals surface area contributed by atoms with Gasteiger partial charge in [-0.15, -0.1) is 5.92 Å². The number of hydrogen-bond donors (Lipinski definition) is 2. The molecule has 1 aromatic carbocycles. The highest BCUT2D eigenvalue weighted by Gasteiger charge is 2.38. The lowest BCUT2D eigenvalue weighted by Gasteiger charge is -2.27. The van der Waals surface area contributed by atoms with Gasteiger partial charge in [-0.05, 0) is 51.1 Å². The van der Waals surface area contributed by atoms with E-state index in [2.05, 4.69) is 21.9 Å². The number of nitrogens with one attached hydrogen (secondary N) is 2. The Hall–Kier alpha value is -2.74. The van der Waals surface area contributed by atoms with E-state index in [-0.39, 0.29) is 24.5 Å². The van der Waals surface area contributed by atoms with Crippen LogP contribution in [0.3, 0.4) is 0 Å². The first kappa shape index (κ1) is 29.8. The molecule has 1 aliphatic rings. The van der Waals surface area contributed by atoms with Gasteiger partial charge in [-0.1, -0.05) is 38.0 Å². The maximum absolute atomic E-state index is 12.5. The number of nitrogens with zero attached hydrogens (tertiary/aromatic N) is 1. The zero-order valence-electron chi connectivity index (χ0n) is 22.1. The Bertz CT molecular complexity index is 1320. The number of rotatable bonds is 10. The molecule has 10 nitrogen and oxygen atoms in total. The molecule has 3 rings (SSSR count). The zero-order chi connectivity index (χ0) is 27.9. The van der Waals surface area contributed by atoms with Crippen molar-refractivity contribution in [1.82, 2.24) is 14.6 Å². The van der Waals surface area contributed by atoms with Crippen molar-refractivity contribution in [2.45, 2.75) is 65.5 Å². The van der Waals surface area contributed by atoms with Crippen molar-refractivity contribution in [2.75, 3.05) is 6.61 Å². The van der Waals surface area contributed by atoms with Crippen molar-refractivity contribution < 1.29 is 23.3 Å². The van der Waals surface area contributed by atoms with E-state index < -0.39 is 42.2 Å². The van der Waals surface area contributed by atoms with Gasteiger partial charge in [0.2, 0.25) is 0 Å². The molecule has 1 aromatic heterocycles. The first-order chi connectivity index (χ1) is 18.0. The highest BCUT2D eigenvalue weighted by molar-refractivity contribution is 8.09. The molecule has 206 valence electrons. The van der Waals surface area contributed by atoms with E-state index in [1.807, 2.05) is 19.9 Å². The van der Waals surface area contributed by atoms with Crippen LogP contribution in [-0.2, 0) is 30.6 Å². The van der Waals surface area contributed by atoms with Crippen molar-refractivity contribution in [3.05, 3.63) is 63.4 Å². The van der Waals surface area contributed by atoms with Crippen LogP contribution in [0, 0.1) is 23.7 Å². The topological polar surface area (TPSA) is 121 Å². The van der Waals surface area contributed by atoms with E-state index in [0.29, 0.717) is 12.2 Å². The molecule has 0 bridgehead atoms. The number of aromatic amines is 1. The summed E-state index contributed by atoms with van der Waals surface area (Å²) in [7, 11) is 0. The normalized spacial score (nSPS) is 21.4. The van der Waals surface area contributed by atoms with Crippen molar-refractivity contribution in [1.29, 1.82) is 0 Å². The van der Waals surface area contributed by atoms with Crippen LogP contribution in [0.1, 0.15) is 47.3 Å². The van der Waals surface area contributed by atoms with Gasteiger partial charge in [0.25, 0.3) is 5.56 Å². The third kappa shape index (κ3) is 8.65. The fourth-order valence-corrected chi connectivity index (χ4v) is 6.10. The van der Waals surface area contributed by atoms with Crippen molar-refractivity contribution >= 4 is 24.4 Å². The SMILES string of the molecule is CC(C)C#CC1CC(COP(=S)(NC(C)C(=O)OC(C)C)Oc2ccccc2)OC1n1ccc(=O)[nH]c1=O. The summed E-state index contributed by atoms with van der Waals surface area (Å²) < 4.78 is 24.9. The number of aromatic nitrogens is 2. The molecular formula is C26H34N3O7PS. The lowest BCUT2D eigenvalue weighted by molar-refractivity contribution is -0.149. The molecule has 5 atom stereocenters. The molecule has 0 radical (unpaired) electrons. The van der Waals surface area contributed by atoms with Gasteiger partial charge in [-0.25, -0.2) is 9.88 Å². The van der Waals surface area contributed by atoms with Crippen LogP contribution in [0.5, 0.6) is 5.75 Å². The summed E-state index contributed by atoms with van der Waals surface area (Å²) in [6.07, 6.45) is 0.365. The third-order valence-corrected chi connectivity index (χ3v) is 7.83. The van der Waals surface area contributed by atoms with Gasteiger partial charge >= 0.3 is 18.3 Å². The molecule has 0 saturated carbocycles. The largest absolute Gasteiger partial charge is 0.462 e. The van der Waals surface area contributed by atoms with Gasteiger partial charge in [-0.3, -0.25) is 19.1 Å². The van der Waals surface area contributed by atoms with Crippen molar-refractivity contribution in [3.8, 4) is 17.6 Å². The molecule has 2 heterocycles. The average molecular weight is 564 g/mol. The number of esters is 1. The average Bonchev–Trinajstić information content (AvgIpc) is 3.24. The molecular weight excluding hydrogens is 529 g/mol. The van der Waals surface area contributed by atoms with Crippen LogP contribution < -0.4 is 20.9 Å². The standard InChI is InChI=1S/C26H34N3O7PS/c1-17(2)11-12-20-15-22(35-24(20)29-14-13-23(30)27-26(29)32)16-33-37(38,36-21-9-7-6-8-10-21)28-19(5)25(31)34-18(3)4/h6-10,13-14,17-20,22,24H,15-16H2,1-5H3,(H,28,38)(H,27,30,32). The number of hydrogen-bond acceptors (Lipinski definition) is 8. The fourth-order valence-electron chi connectivity index (χ4n) is 3.66. The highest BCUT2D eigenvalue weighted by Crippen LogP contribution is 2.46. The minimum atomic E-state index is -3.26. The summed E-state index contributed by atoms with van der Waals surface area (Å²) in [4.78, 5) is 38.7. The Morgan fingerprint density at radius 3 is 2.55 bits per heavy atom. The van der Waals surface area contributed by atoms with E-state index in [9.17, 15) is 14.4 Å². The molecule has 0 aliphatic carbocycles. The van der Waals surface area contributed by atoms with E-state index in [1.54, 1.807) is 45.0 Å². The summed E-state index contributed by atoms with van der Waals surface area (Å²) in [5.74, 6) is 6.14. The molecule has 0 spiro atoms. The van der Waals surface area contributed by atoms with Crippen LogP contribution in [0.4, 0.5) is 0 Å². The lowest BCUT2D eigenvalue weighted by atomic mass is 10.0. The van der Waals surface area contributed by atoms with Crippen LogP contribution in [0.2, 0.25) is 0 Å². The first-order valence-corrected chi connectivity index (χ1v) is 15.0. The van der Waals surface area contributed by atoms with Crippen LogP contribution in [0.25, 0.3) is 0 Å². The Morgan fingerprint density at radius 2 is 1.92 bits per heavy atom. The summed E-state index contributed by atoms with van der Waals surface area (Å²) in [6.45, 7) is 5.87. The zero-order valence-corrected chi connectivity index (χ0v) is 23.8. The lowest BCUT2D eigenvalue weighted by Crippen LogP contribution is -2.36. The van der Waals surface area contributed by atoms with Crippen LogP contribution in [-0.4, -0.2) is 40.4 Å². The molecule has 1 aliphatic heterocycles. The second-order valence-electron chi connectivity index (χ2n) is 9.49. The van der Waals surface area contributed by atoms with Gasteiger partial charge in [0, 0.05) is 18.2 Å². The molecule has 12 heteroatoms. The molecule has 5 unspecified atom stereocenters. The number of carbonyl (C=O) groups excluding carboxylic acids is 1. The minimum Gasteiger partial charge on any atom is -0.462 e. The fraction of sp³-hybridized carbons (Fsp3) is 0.500. The molecule has 1 fully saturated rings. The van der Waals surface area contributed by atoms with Gasteiger partial charge in [-0.2, -0.15) is 0 Å². The van der Waals surface area contributed by atoms with Gasteiger partial charge in [0.15, 0.2) is 6.23 Å². The van der Waals surface area contributed by atoms with Crippen LogP contribution in [0.15, 0.2) is 52.2 Å². The van der Waals surface area contributed by atoms with E-state index in [4.69, 9.17) is 30.3 Å². The molecule has 2 N–H and O–H groups in total. The monoisotopic (exact) mass is 563 g/mol. The Morgan fingerprint density at radius 1 is 1.21 bits per heavy atom. The predicted molar refractivity (Wildman–Crippen MR) is 147 cm³/mol. The Kier molecular flexibility index (Phi) is 10.5. The van der Waals surface area contributed by atoms with Gasteiger partial charge < -0.3 is 18.5 Å². The second-order valence-corrected chi connectivity index (χ2v) is 12.6. The maximum Gasteiger partial charge on any atom is 0.330 e. The maximum atomic E-state index is 12.5. The molecule has 0 amide bonds. The van der Waals surface area contributed by atoms with Crippen LogP contribution >= 0.6 is 6.64 Å². The number of ether oxygens (including phenoxy) is 2. The van der Waals surface area contributed by atoms with Gasteiger partial charge in [0.1, 0.15) is 11.8 Å². The van der Waals surface area contributed by atoms with Crippen molar-refractivity contribution in [2.24, 2.45) is 11.8 Å². The number of para-hydroxylation sites is 1. The predicted octanol–water partition coefficient (Wildman–Crippen LogP) is 3.35. The molecule has 1 saturated heterocycles. The van der Waals surface area contributed by atoms with Crippen molar-refractivity contribution in [3.63, 3.8) is 0 Å². The number of H-pyrrole nitrogens is 1. The van der Waals surface area contributed by atoms with E-state index >= 15 is 0 Å². The second kappa shape index (κ2) is 13.4. The number of carbonyl (C=O) groups is 1. The molecule has 2 aromatic rings. The Labute approximate surface area is 227 Å². The quantitative estimate of drug-likeness (QED) is 0.255. The minimum absolute atomic E-state index is 0.0253. The van der Waals surface area contributed by atoms with E-state index in [0.717, 1.165) is 0 Å².